The van der Waals surface area contributed by atoms with Crippen LogP contribution in [0.4, 0.5) is 4.39 Å². The third-order valence-corrected chi connectivity index (χ3v) is 3.80. The molecule has 0 amide bonds. The van der Waals surface area contributed by atoms with Gasteiger partial charge in [-0.05, 0) is 56.8 Å². The Morgan fingerprint density at radius 1 is 1.41 bits per heavy atom. The number of thioether (sulfide) groups is 1. The lowest BCUT2D eigenvalue weighted by Crippen LogP contribution is -2.37. The molecule has 17 heavy (non-hydrogen) atoms. The molecule has 1 N–H and O–H groups in total. The molecule has 1 atom stereocenters. The molecule has 0 saturated heterocycles. The van der Waals surface area contributed by atoms with E-state index in [-0.39, 0.29) is 5.82 Å². The average Bonchev–Trinajstić information content (AvgIpc) is 2.36. The number of rotatable bonds is 6. The zero-order valence-electron chi connectivity index (χ0n) is 10.2. The molecule has 0 fully saturated rings. The van der Waals surface area contributed by atoms with E-state index in [0.717, 1.165) is 23.5 Å². The number of nitrogens with zero attached hydrogens (tertiary/aromatic N) is 1. The Labute approximate surface area is 106 Å². The standard InChI is InChI=1S/C13H17FN2S/c1-13(10-15,16-2)8-3-9-17-12-6-4-11(14)5-7-12/h4-7,16H,3,8-9H2,1-2H3. The first-order valence-electron chi connectivity index (χ1n) is 5.58. The van der Waals surface area contributed by atoms with Crippen molar-refractivity contribution in [3.05, 3.63) is 30.1 Å². The number of benzene rings is 1. The molecule has 0 spiro atoms. The molecule has 0 radical (unpaired) electrons. The van der Waals surface area contributed by atoms with E-state index < -0.39 is 5.54 Å². The van der Waals surface area contributed by atoms with Crippen molar-refractivity contribution in [2.24, 2.45) is 0 Å². The van der Waals surface area contributed by atoms with Crippen LogP contribution in [0.1, 0.15) is 19.8 Å². The molecule has 1 rings (SSSR count). The van der Waals surface area contributed by atoms with Gasteiger partial charge in [-0.25, -0.2) is 4.39 Å². The quantitative estimate of drug-likeness (QED) is 0.624. The largest absolute Gasteiger partial charge is 0.303 e. The van der Waals surface area contributed by atoms with Gasteiger partial charge in [-0.3, -0.25) is 0 Å². The molecule has 1 unspecified atom stereocenters. The van der Waals surface area contributed by atoms with Crippen LogP contribution in [0.25, 0.3) is 0 Å². The first-order chi connectivity index (χ1) is 8.09. The summed E-state index contributed by atoms with van der Waals surface area (Å²) < 4.78 is 12.7. The highest BCUT2D eigenvalue weighted by molar-refractivity contribution is 7.99. The monoisotopic (exact) mass is 252 g/mol. The van der Waals surface area contributed by atoms with Gasteiger partial charge < -0.3 is 5.32 Å². The van der Waals surface area contributed by atoms with E-state index in [1.807, 2.05) is 6.92 Å². The summed E-state index contributed by atoms with van der Waals surface area (Å²) in [6.07, 6.45) is 1.77. The van der Waals surface area contributed by atoms with Crippen LogP contribution in [-0.4, -0.2) is 18.3 Å². The molecule has 2 nitrogen and oxygen atoms in total. The number of hydrogen-bond acceptors (Lipinski definition) is 3. The van der Waals surface area contributed by atoms with Gasteiger partial charge in [0, 0.05) is 4.90 Å². The van der Waals surface area contributed by atoms with E-state index in [2.05, 4.69) is 11.4 Å². The molecule has 0 bridgehead atoms. The summed E-state index contributed by atoms with van der Waals surface area (Å²) in [7, 11) is 1.80. The van der Waals surface area contributed by atoms with Gasteiger partial charge in [0.15, 0.2) is 0 Å². The Bertz CT molecular complexity index is 385. The topological polar surface area (TPSA) is 35.8 Å². The van der Waals surface area contributed by atoms with Gasteiger partial charge in [-0.2, -0.15) is 5.26 Å². The first-order valence-corrected chi connectivity index (χ1v) is 6.57. The van der Waals surface area contributed by atoms with Crippen LogP contribution in [0.15, 0.2) is 29.2 Å². The second-order valence-electron chi connectivity index (χ2n) is 4.10. The average molecular weight is 252 g/mol. The molecule has 92 valence electrons. The van der Waals surface area contributed by atoms with Crippen molar-refractivity contribution in [1.29, 1.82) is 5.26 Å². The van der Waals surface area contributed by atoms with Crippen molar-refractivity contribution in [2.75, 3.05) is 12.8 Å². The maximum absolute atomic E-state index is 12.7. The number of nitrogens with one attached hydrogen (secondary N) is 1. The van der Waals surface area contributed by atoms with Gasteiger partial charge in [0.1, 0.15) is 11.4 Å². The van der Waals surface area contributed by atoms with Crippen LogP contribution >= 0.6 is 11.8 Å². The van der Waals surface area contributed by atoms with Crippen molar-refractivity contribution in [2.45, 2.75) is 30.2 Å². The molecule has 0 aromatic heterocycles. The van der Waals surface area contributed by atoms with Crippen LogP contribution in [0.5, 0.6) is 0 Å². The fraction of sp³-hybridized carbons (Fsp3) is 0.462. The summed E-state index contributed by atoms with van der Waals surface area (Å²) in [6, 6.07) is 8.76. The second kappa shape index (κ2) is 6.63. The molecule has 4 heteroatoms. The van der Waals surface area contributed by atoms with Crippen LogP contribution < -0.4 is 5.32 Å². The zero-order chi connectivity index (χ0) is 12.7. The Kier molecular flexibility index (Phi) is 5.46. The van der Waals surface area contributed by atoms with Gasteiger partial charge in [0.25, 0.3) is 0 Å². The van der Waals surface area contributed by atoms with E-state index in [9.17, 15) is 4.39 Å². The van der Waals surface area contributed by atoms with Crippen molar-refractivity contribution in [1.82, 2.24) is 5.32 Å². The van der Waals surface area contributed by atoms with E-state index in [0.29, 0.717) is 0 Å². The van der Waals surface area contributed by atoms with Crippen molar-refractivity contribution in [3.8, 4) is 6.07 Å². The lowest BCUT2D eigenvalue weighted by molar-refractivity contribution is 0.451. The molecular weight excluding hydrogens is 235 g/mol. The van der Waals surface area contributed by atoms with Crippen LogP contribution in [0.2, 0.25) is 0 Å². The Morgan fingerprint density at radius 3 is 2.59 bits per heavy atom. The molecular formula is C13H17FN2S. The summed E-state index contributed by atoms with van der Waals surface area (Å²) in [4.78, 5) is 1.06. The third-order valence-electron chi connectivity index (χ3n) is 2.70. The molecule has 0 saturated carbocycles. The Balaban J connectivity index is 2.29. The fourth-order valence-electron chi connectivity index (χ4n) is 1.38. The molecule has 1 aromatic rings. The van der Waals surface area contributed by atoms with Gasteiger partial charge >= 0.3 is 0 Å². The van der Waals surface area contributed by atoms with Crippen LogP contribution in [0, 0.1) is 17.1 Å². The highest BCUT2D eigenvalue weighted by Gasteiger charge is 2.19. The molecule has 1 aromatic carbocycles. The summed E-state index contributed by atoms with van der Waals surface area (Å²) in [6.45, 7) is 1.90. The Morgan fingerprint density at radius 2 is 2.06 bits per heavy atom. The molecule has 0 heterocycles. The third kappa shape index (κ3) is 4.76. The summed E-state index contributed by atoms with van der Waals surface area (Å²) in [5.41, 5.74) is -0.441. The second-order valence-corrected chi connectivity index (χ2v) is 5.27. The summed E-state index contributed by atoms with van der Waals surface area (Å²) >= 11 is 1.69. The van der Waals surface area contributed by atoms with E-state index in [1.54, 1.807) is 30.9 Å². The van der Waals surface area contributed by atoms with Crippen molar-refractivity contribution < 1.29 is 4.39 Å². The predicted octanol–water partition coefficient (Wildman–Crippen LogP) is 3.20. The van der Waals surface area contributed by atoms with Crippen LogP contribution in [-0.2, 0) is 0 Å². The highest BCUT2D eigenvalue weighted by atomic mass is 32.2. The van der Waals surface area contributed by atoms with E-state index in [1.165, 1.54) is 12.1 Å². The van der Waals surface area contributed by atoms with E-state index >= 15 is 0 Å². The molecule has 0 aliphatic heterocycles. The van der Waals surface area contributed by atoms with Gasteiger partial charge in [-0.1, -0.05) is 0 Å². The maximum Gasteiger partial charge on any atom is 0.123 e. The van der Waals surface area contributed by atoms with Crippen LogP contribution in [0.3, 0.4) is 0 Å². The highest BCUT2D eigenvalue weighted by Crippen LogP contribution is 2.21. The molecule has 0 aliphatic rings. The number of hydrogen-bond donors (Lipinski definition) is 1. The Hall–Kier alpha value is -1.05. The number of halogens is 1. The minimum absolute atomic E-state index is 0.207. The molecule has 0 aliphatic carbocycles. The van der Waals surface area contributed by atoms with Gasteiger partial charge in [0.05, 0.1) is 6.07 Å². The maximum atomic E-state index is 12.7. The number of nitriles is 1. The summed E-state index contributed by atoms with van der Waals surface area (Å²) in [5, 5.41) is 12.0. The lowest BCUT2D eigenvalue weighted by Gasteiger charge is -2.20. The normalized spacial score (nSPS) is 14.0. The van der Waals surface area contributed by atoms with Crippen molar-refractivity contribution in [3.63, 3.8) is 0 Å². The fourth-order valence-corrected chi connectivity index (χ4v) is 2.24. The summed E-state index contributed by atoms with van der Waals surface area (Å²) in [5.74, 6) is 0.728. The minimum Gasteiger partial charge on any atom is -0.303 e. The van der Waals surface area contributed by atoms with Gasteiger partial charge in [-0.15, -0.1) is 11.8 Å². The predicted molar refractivity (Wildman–Crippen MR) is 69.4 cm³/mol. The minimum atomic E-state index is -0.441. The van der Waals surface area contributed by atoms with Gasteiger partial charge in [0.2, 0.25) is 0 Å². The first kappa shape index (κ1) is 14.0. The SMILES string of the molecule is CNC(C)(C#N)CCCSc1ccc(F)cc1. The van der Waals surface area contributed by atoms with Crippen molar-refractivity contribution >= 4 is 11.8 Å². The smallest absolute Gasteiger partial charge is 0.123 e. The zero-order valence-corrected chi connectivity index (χ0v) is 11.0. The van der Waals surface area contributed by atoms with E-state index in [4.69, 9.17) is 5.26 Å². The lowest BCUT2D eigenvalue weighted by atomic mass is 9.99.